The third-order valence-corrected chi connectivity index (χ3v) is 3.33. The van der Waals surface area contributed by atoms with E-state index in [4.69, 9.17) is 0 Å². The summed E-state index contributed by atoms with van der Waals surface area (Å²) in [5.41, 5.74) is 4.94. The van der Waals surface area contributed by atoms with Crippen molar-refractivity contribution in [3.05, 3.63) is 58.4 Å². The average molecular weight is 240 g/mol. The van der Waals surface area contributed by atoms with Crippen LogP contribution in [0.2, 0.25) is 0 Å². The van der Waals surface area contributed by atoms with Gasteiger partial charge in [-0.15, -0.1) is 0 Å². The summed E-state index contributed by atoms with van der Waals surface area (Å²) in [6.45, 7) is 6.09. The Kier molecular flexibility index (Phi) is 3.51. The fourth-order valence-corrected chi connectivity index (χ4v) is 1.95. The maximum Gasteiger partial charge on any atom is 0.169 e. The number of hydrogen-bond donors (Lipinski definition) is 0. The van der Waals surface area contributed by atoms with Crippen molar-refractivity contribution in [1.82, 2.24) is 10.2 Å². The number of hydrogen-bond acceptors (Lipinski definition) is 3. The Morgan fingerprint density at radius 2 is 1.89 bits per heavy atom. The van der Waals surface area contributed by atoms with E-state index in [2.05, 4.69) is 17.1 Å². The molecule has 0 aliphatic carbocycles. The van der Waals surface area contributed by atoms with Gasteiger partial charge in [0, 0.05) is 11.8 Å². The van der Waals surface area contributed by atoms with Gasteiger partial charge in [-0.1, -0.05) is 12.1 Å². The summed E-state index contributed by atoms with van der Waals surface area (Å²) < 4.78 is 0. The van der Waals surface area contributed by atoms with Crippen molar-refractivity contribution in [2.45, 2.75) is 27.2 Å². The molecule has 1 aromatic heterocycles. The lowest BCUT2D eigenvalue weighted by Gasteiger charge is -2.10. The van der Waals surface area contributed by atoms with Crippen LogP contribution in [0, 0.1) is 20.8 Å². The number of aromatic nitrogens is 2. The van der Waals surface area contributed by atoms with Crippen LogP contribution in [0.1, 0.15) is 32.7 Å². The van der Waals surface area contributed by atoms with Gasteiger partial charge in [0.25, 0.3) is 0 Å². The summed E-state index contributed by atoms with van der Waals surface area (Å²) in [4.78, 5) is 12.2. The molecule has 0 saturated heterocycles. The van der Waals surface area contributed by atoms with Gasteiger partial charge in [-0.2, -0.15) is 10.2 Å². The van der Waals surface area contributed by atoms with Gasteiger partial charge in [0.1, 0.15) is 0 Å². The van der Waals surface area contributed by atoms with Crippen molar-refractivity contribution in [2.75, 3.05) is 0 Å². The molecule has 0 bridgehead atoms. The first-order valence-electron chi connectivity index (χ1n) is 5.96. The van der Waals surface area contributed by atoms with Crippen molar-refractivity contribution >= 4 is 5.78 Å². The first-order chi connectivity index (χ1) is 8.59. The van der Waals surface area contributed by atoms with E-state index in [0.29, 0.717) is 12.1 Å². The molecule has 0 N–H and O–H groups in total. The molecule has 0 spiro atoms. The molecule has 0 atom stereocenters. The SMILES string of the molecule is Cc1ccc(C(=O)Cc2cccnn2)c(C)c1C. The van der Waals surface area contributed by atoms with Gasteiger partial charge >= 0.3 is 0 Å². The van der Waals surface area contributed by atoms with Crippen molar-refractivity contribution in [3.8, 4) is 0 Å². The predicted molar refractivity (Wildman–Crippen MR) is 70.7 cm³/mol. The van der Waals surface area contributed by atoms with E-state index < -0.39 is 0 Å². The lowest BCUT2D eigenvalue weighted by Crippen LogP contribution is -2.08. The van der Waals surface area contributed by atoms with Crippen LogP contribution in [-0.2, 0) is 6.42 Å². The summed E-state index contributed by atoms with van der Waals surface area (Å²) in [7, 11) is 0. The minimum atomic E-state index is 0.0936. The maximum absolute atomic E-state index is 12.2. The molecule has 0 fully saturated rings. The molecule has 92 valence electrons. The van der Waals surface area contributed by atoms with E-state index in [1.165, 1.54) is 11.1 Å². The average Bonchev–Trinajstić information content (AvgIpc) is 2.37. The summed E-state index contributed by atoms with van der Waals surface area (Å²) in [5.74, 6) is 0.0936. The van der Waals surface area contributed by atoms with Crippen LogP contribution in [0.3, 0.4) is 0 Å². The summed E-state index contributed by atoms with van der Waals surface area (Å²) in [6.07, 6.45) is 1.91. The first kappa shape index (κ1) is 12.4. The van der Waals surface area contributed by atoms with E-state index >= 15 is 0 Å². The quantitative estimate of drug-likeness (QED) is 0.775. The van der Waals surface area contributed by atoms with E-state index in [0.717, 1.165) is 11.1 Å². The van der Waals surface area contributed by atoms with Gasteiger partial charge in [-0.25, -0.2) is 0 Å². The van der Waals surface area contributed by atoms with Crippen LogP contribution in [0.25, 0.3) is 0 Å². The van der Waals surface area contributed by atoms with Gasteiger partial charge in [-0.05, 0) is 49.6 Å². The highest BCUT2D eigenvalue weighted by molar-refractivity contribution is 5.98. The second kappa shape index (κ2) is 5.08. The van der Waals surface area contributed by atoms with Gasteiger partial charge in [0.2, 0.25) is 0 Å². The molecular weight excluding hydrogens is 224 g/mol. The zero-order chi connectivity index (χ0) is 13.1. The number of nitrogens with zero attached hydrogens (tertiary/aromatic N) is 2. The van der Waals surface area contributed by atoms with Gasteiger partial charge < -0.3 is 0 Å². The molecule has 0 aliphatic rings. The molecular formula is C15H16N2O. The smallest absolute Gasteiger partial charge is 0.169 e. The number of aryl methyl sites for hydroxylation is 1. The molecule has 2 rings (SSSR count). The highest BCUT2D eigenvalue weighted by atomic mass is 16.1. The third kappa shape index (κ3) is 2.45. The summed E-state index contributed by atoms with van der Waals surface area (Å²) in [5, 5.41) is 7.73. The fourth-order valence-electron chi connectivity index (χ4n) is 1.95. The number of carbonyl (C=O) groups excluding carboxylic acids is 1. The second-order valence-corrected chi connectivity index (χ2v) is 4.49. The Balaban J connectivity index is 2.28. The summed E-state index contributed by atoms with van der Waals surface area (Å²) in [6, 6.07) is 7.51. The molecule has 0 amide bonds. The van der Waals surface area contributed by atoms with Gasteiger partial charge in [0.05, 0.1) is 12.1 Å². The number of rotatable bonds is 3. The van der Waals surface area contributed by atoms with Crippen LogP contribution in [0.5, 0.6) is 0 Å². The molecule has 1 heterocycles. The minimum Gasteiger partial charge on any atom is -0.294 e. The molecule has 0 unspecified atom stereocenters. The normalized spacial score (nSPS) is 10.4. The lowest BCUT2D eigenvalue weighted by atomic mass is 9.95. The van der Waals surface area contributed by atoms with Crippen LogP contribution < -0.4 is 0 Å². The highest BCUT2D eigenvalue weighted by Gasteiger charge is 2.12. The third-order valence-electron chi connectivity index (χ3n) is 3.33. The molecule has 0 aliphatic heterocycles. The Bertz CT molecular complexity index is 577. The van der Waals surface area contributed by atoms with Crippen molar-refractivity contribution < 1.29 is 4.79 Å². The lowest BCUT2D eigenvalue weighted by molar-refractivity contribution is 0.0991. The molecule has 2 aromatic rings. The Hall–Kier alpha value is -2.03. The summed E-state index contributed by atoms with van der Waals surface area (Å²) >= 11 is 0. The van der Waals surface area contributed by atoms with Crippen LogP contribution in [0.4, 0.5) is 0 Å². The first-order valence-corrected chi connectivity index (χ1v) is 5.96. The Labute approximate surface area is 107 Å². The van der Waals surface area contributed by atoms with Gasteiger partial charge in [-0.3, -0.25) is 4.79 Å². The van der Waals surface area contributed by atoms with E-state index in [9.17, 15) is 4.79 Å². The molecule has 3 heteroatoms. The number of benzene rings is 1. The van der Waals surface area contributed by atoms with E-state index in [1.54, 1.807) is 12.3 Å². The van der Waals surface area contributed by atoms with Gasteiger partial charge in [0.15, 0.2) is 5.78 Å². The van der Waals surface area contributed by atoms with E-state index in [-0.39, 0.29) is 5.78 Å². The zero-order valence-corrected chi connectivity index (χ0v) is 10.9. The fraction of sp³-hybridized carbons (Fsp3) is 0.267. The molecule has 0 radical (unpaired) electrons. The van der Waals surface area contributed by atoms with Crippen LogP contribution in [-0.4, -0.2) is 16.0 Å². The monoisotopic (exact) mass is 240 g/mol. The highest BCUT2D eigenvalue weighted by Crippen LogP contribution is 2.18. The number of Topliss-reactive ketones (excluding diaryl/α,β-unsaturated/α-hetero) is 1. The molecule has 3 nitrogen and oxygen atoms in total. The van der Waals surface area contributed by atoms with Crippen molar-refractivity contribution in [3.63, 3.8) is 0 Å². The van der Waals surface area contributed by atoms with Crippen LogP contribution >= 0.6 is 0 Å². The topological polar surface area (TPSA) is 42.9 Å². The molecule has 1 aromatic carbocycles. The number of ketones is 1. The van der Waals surface area contributed by atoms with Crippen molar-refractivity contribution in [2.24, 2.45) is 0 Å². The number of carbonyl (C=O) groups is 1. The largest absolute Gasteiger partial charge is 0.294 e. The standard InChI is InChI=1S/C15H16N2O/c1-10-6-7-14(12(3)11(10)2)15(18)9-13-5-4-8-16-17-13/h4-8H,9H2,1-3H3. The molecule has 0 saturated carbocycles. The zero-order valence-electron chi connectivity index (χ0n) is 10.9. The van der Waals surface area contributed by atoms with E-state index in [1.807, 2.05) is 32.0 Å². The van der Waals surface area contributed by atoms with Crippen LogP contribution in [0.15, 0.2) is 30.5 Å². The predicted octanol–water partition coefficient (Wildman–Crippen LogP) is 2.83. The Morgan fingerprint density at radius 1 is 1.11 bits per heavy atom. The maximum atomic E-state index is 12.2. The van der Waals surface area contributed by atoms with Crippen molar-refractivity contribution in [1.29, 1.82) is 0 Å². The Morgan fingerprint density at radius 3 is 2.56 bits per heavy atom. The minimum absolute atomic E-state index is 0.0936. The second-order valence-electron chi connectivity index (χ2n) is 4.49. The molecule has 18 heavy (non-hydrogen) atoms.